The summed E-state index contributed by atoms with van der Waals surface area (Å²) in [5, 5.41) is 2.53. The van der Waals surface area contributed by atoms with Crippen LogP contribution in [0.1, 0.15) is 26.7 Å². The van der Waals surface area contributed by atoms with Gasteiger partial charge in [0.15, 0.2) is 0 Å². The molecule has 0 aromatic carbocycles. The number of hydrogen-bond donors (Lipinski definition) is 1. The molecule has 0 unspecified atom stereocenters. The summed E-state index contributed by atoms with van der Waals surface area (Å²) in [6.45, 7) is 3.05. The highest BCUT2D eigenvalue weighted by molar-refractivity contribution is 6.08. The van der Waals surface area contributed by atoms with Gasteiger partial charge in [0.1, 0.15) is 29.6 Å². The molecule has 2 heterocycles. The zero-order valence-electron chi connectivity index (χ0n) is 10.4. The molecule has 2 amide bonds. The highest BCUT2D eigenvalue weighted by atomic mass is 16.2. The lowest BCUT2D eigenvalue weighted by Crippen LogP contribution is -2.64. The minimum atomic E-state index is -1.07. The quantitative estimate of drug-likeness (QED) is 0.671. The molecule has 2 fully saturated rings. The lowest BCUT2D eigenvalue weighted by Gasteiger charge is -2.36. The average molecular weight is 252 g/mol. The van der Waals surface area contributed by atoms with Crippen molar-refractivity contribution in [2.75, 3.05) is 6.54 Å². The number of piperazine rings is 1. The van der Waals surface area contributed by atoms with Crippen LogP contribution in [0.15, 0.2) is 0 Å². The third-order valence-electron chi connectivity index (χ3n) is 3.61. The molecule has 0 saturated carbocycles. The molecule has 2 aliphatic rings. The Kier molecular flexibility index (Phi) is 3.19. The van der Waals surface area contributed by atoms with Crippen molar-refractivity contribution in [2.24, 2.45) is 5.92 Å². The Morgan fingerprint density at radius 3 is 2.44 bits per heavy atom. The van der Waals surface area contributed by atoms with Crippen molar-refractivity contribution in [3.63, 3.8) is 0 Å². The molecule has 0 spiro atoms. The number of amides is 2. The summed E-state index contributed by atoms with van der Waals surface area (Å²) < 4.78 is 0. The Morgan fingerprint density at radius 1 is 1.28 bits per heavy atom. The minimum Gasteiger partial charge on any atom is -0.341 e. The number of nitrogens with zero attached hydrogens (tertiary/aromatic N) is 1. The fourth-order valence-corrected chi connectivity index (χ4v) is 2.77. The van der Waals surface area contributed by atoms with Gasteiger partial charge in [0.05, 0.1) is 0 Å². The van der Waals surface area contributed by atoms with Crippen LogP contribution in [0.25, 0.3) is 0 Å². The van der Waals surface area contributed by atoms with Gasteiger partial charge in [0, 0.05) is 6.54 Å². The van der Waals surface area contributed by atoms with E-state index in [1.54, 1.807) is 0 Å². The Hall–Kier alpha value is -1.72. The molecule has 2 atom stereocenters. The molecule has 6 nitrogen and oxygen atoms in total. The van der Waals surface area contributed by atoms with Gasteiger partial charge >= 0.3 is 0 Å². The van der Waals surface area contributed by atoms with Crippen LogP contribution in [-0.2, 0) is 19.2 Å². The van der Waals surface area contributed by atoms with Gasteiger partial charge in [0.2, 0.25) is 11.8 Å². The summed E-state index contributed by atoms with van der Waals surface area (Å²) in [4.78, 5) is 48.5. The van der Waals surface area contributed by atoms with Crippen LogP contribution in [0.4, 0.5) is 0 Å². The van der Waals surface area contributed by atoms with Crippen LogP contribution in [0.5, 0.6) is 0 Å². The monoisotopic (exact) mass is 252 g/mol. The van der Waals surface area contributed by atoms with Crippen molar-refractivity contribution >= 4 is 23.4 Å². The number of hydrogen-bond acceptors (Lipinski definition) is 4. The zero-order valence-corrected chi connectivity index (χ0v) is 10.4. The van der Waals surface area contributed by atoms with E-state index in [-0.39, 0.29) is 11.8 Å². The minimum absolute atomic E-state index is 0.260. The van der Waals surface area contributed by atoms with E-state index in [9.17, 15) is 19.2 Å². The predicted molar refractivity (Wildman–Crippen MR) is 61.5 cm³/mol. The fourth-order valence-electron chi connectivity index (χ4n) is 2.77. The Labute approximate surface area is 105 Å². The molecule has 0 radical (unpaired) electrons. The number of ketones is 2. The van der Waals surface area contributed by atoms with Crippen LogP contribution in [0.2, 0.25) is 0 Å². The molecule has 0 aromatic heterocycles. The van der Waals surface area contributed by atoms with E-state index in [1.165, 1.54) is 18.7 Å². The molecule has 2 rings (SSSR count). The van der Waals surface area contributed by atoms with Crippen molar-refractivity contribution in [1.29, 1.82) is 0 Å². The molecule has 18 heavy (non-hydrogen) atoms. The second-order valence-corrected chi connectivity index (χ2v) is 4.87. The molecule has 1 N–H and O–H groups in total. The number of fused-ring (bicyclic) bond motifs is 1. The fraction of sp³-hybridized carbons (Fsp3) is 0.667. The van der Waals surface area contributed by atoms with E-state index in [0.29, 0.717) is 13.0 Å². The lowest BCUT2D eigenvalue weighted by molar-refractivity contribution is -0.151. The molecular weight excluding hydrogens is 236 g/mol. The Morgan fingerprint density at radius 2 is 1.89 bits per heavy atom. The first-order valence-electron chi connectivity index (χ1n) is 6.05. The number of carbonyl (C=O) groups is 4. The topological polar surface area (TPSA) is 83.6 Å². The van der Waals surface area contributed by atoms with E-state index in [4.69, 9.17) is 0 Å². The number of rotatable bonds is 3. The third kappa shape index (κ3) is 1.91. The van der Waals surface area contributed by atoms with Gasteiger partial charge in [-0.25, -0.2) is 0 Å². The molecule has 0 aromatic rings. The number of Topliss-reactive ketones (excluding diaryl/α,β-unsaturated/α-hetero) is 2. The highest BCUT2D eigenvalue weighted by Gasteiger charge is 2.47. The molecule has 2 saturated heterocycles. The summed E-state index contributed by atoms with van der Waals surface area (Å²) in [5.74, 6) is -2.42. The van der Waals surface area contributed by atoms with E-state index in [1.807, 2.05) is 0 Å². The lowest BCUT2D eigenvalue weighted by atomic mass is 9.89. The van der Waals surface area contributed by atoms with E-state index < -0.39 is 29.6 Å². The second-order valence-electron chi connectivity index (χ2n) is 4.87. The Balaban J connectivity index is 2.28. The third-order valence-corrected chi connectivity index (χ3v) is 3.61. The molecule has 2 aliphatic heterocycles. The normalized spacial score (nSPS) is 27.2. The molecule has 0 aliphatic carbocycles. The van der Waals surface area contributed by atoms with Crippen LogP contribution in [-0.4, -0.2) is 46.9 Å². The summed E-state index contributed by atoms with van der Waals surface area (Å²) >= 11 is 0. The van der Waals surface area contributed by atoms with Crippen LogP contribution in [0.3, 0.4) is 0 Å². The van der Waals surface area contributed by atoms with E-state index >= 15 is 0 Å². The largest absolute Gasteiger partial charge is 0.341 e. The van der Waals surface area contributed by atoms with Gasteiger partial charge < -0.3 is 10.2 Å². The summed E-state index contributed by atoms with van der Waals surface area (Å²) in [6, 6.07) is -1.45. The molecular formula is C12H16N2O4. The molecule has 6 heteroatoms. The van der Waals surface area contributed by atoms with E-state index in [0.717, 1.165) is 6.42 Å². The maximum absolute atomic E-state index is 12.2. The molecule has 98 valence electrons. The maximum Gasteiger partial charge on any atom is 0.247 e. The van der Waals surface area contributed by atoms with Crippen LogP contribution in [0, 0.1) is 5.92 Å². The van der Waals surface area contributed by atoms with Crippen molar-refractivity contribution in [1.82, 2.24) is 10.2 Å². The molecule has 0 bridgehead atoms. The van der Waals surface area contributed by atoms with E-state index in [2.05, 4.69) is 5.32 Å². The summed E-state index contributed by atoms with van der Waals surface area (Å²) in [6.07, 6.45) is 1.43. The first-order valence-corrected chi connectivity index (χ1v) is 6.05. The van der Waals surface area contributed by atoms with Gasteiger partial charge in [-0.2, -0.15) is 0 Å². The smallest absolute Gasteiger partial charge is 0.247 e. The highest BCUT2D eigenvalue weighted by Crippen LogP contribution is 2.25. The first-order chi connectivity index (χ1) is 8.43. The second kappa shape index (κ2) is 4.51. The van der Waals surface area contributed by atoms with Gasteiger partial charge in [0.25, 0.3) is 0 Å². The maximum atomic E-state index is 12.2. The van der Waals surface area contributed by atoms with Gasteiger partial charge in [-0.1, -0.05) is 0 Å². The summed E-state index contributed by atoms with van der Waals surface area (Å²) in [5.41, 5.74) is 0. The van der Waals surface area contributed by atoms with Crippen molar-refractivity contribution in [3.8, 4) is 0 Å². The van der Waals surface area contributed by atoms with Crippen LogP contribution < -0.4 is 5.32 Å². The van der Waals surface area contributed by atoms with Crippen molar-refractivity contribution in [3.05, 3.63) is 0 Å². The van der Waals surface area contributed by atoms with Gasteiger partial charge in [-0.3, -0.25) is 19.2 Å². The van der Waals surface area contributed by atoms with Crippen molar-refractivity contribution < 1.29 is 19.2 Å². The van der Waals surface area contributed by atoms with Crippen LogP contribution >= 0.6 is 0 Å². The number of nitrogens with one attached hydrogen (secondary N) is 1. The van der Waals surface area contributed by atoms with Crippen molar-refractivity contribution in [2.45, 2.75) is 38.8 Å². The standard InChI is InChI=1S/C12H16N2O4/c1-6(15)9(7(2)16)10-12(18)14-5-3-4-8(14)11(17)13-10/h8-10H,3-5H2,1-2H3,(H,13,17)/t8-,10+/m0/s1. The predicted octanol–water partition coefficient (Wildman–Crippen LogP) is -0.730. The summed E-state index contributed by atoms with van der Waals surface area (Å²) in [7, 11) is 0. The van der Waals surface area contributed by atoms with Gasteiger partial charge in [-0.15, -0.1) is 0 Å². The first kappa shape index (κ1) is 12.7. The van der Waals surface area contributed by atoms with Gasteiger partial charge in [-0.05, 0) is 26.7 Å². The number of carbonyl (C=O) groups excluding carboxylic acids is 4. The average Bonchev–Trinajstić information content (AvgIpc) is 2.73. The Bertz CT molecular complexity index is 418. The zero-order chi connectivity index (χ0) is 13.4. The SMILES string of the molecule is CC(=O)C(C(C)=O)[C@H]1NC(=O)[C@@H]2CCCN2C1=O.